The second-order valence-electron chi connectivity index (χ2n) is 3.88. The lowest BCUT2D eigenvalue weighted by Crippen LogP contribution is -2.17. The van der Waals surface area contributed by atoms with Crippen LogP contribution in [0.3, 0.4) is 0 Å². The zero-order chi connectivity index (χ0) is 15.6. The van der Waals surface area contributed by atoms with E-state index in [0.717, 1.165) is 18.2 Å². The lowest BCUT2D eigenvalue weighted by atomic mass is 10.3. The topological polar surface area (TPSA) is 96.4 Å². The summed E-state index contributed by atoms with van der Waals surface area (Å²) in [5, 5.41) is 8.76. The first-order valence-electron chi connectivity index (χ1n) is 5.47. The molecule has 0 amide bonds. The van der Waals surface area contributed by atoms with E-state index in [2.05, 4.69) is 4.98 Å². The molecule has 2 rings (SSSR count). The first-order valence-corrected chi connectivity index (χ1v) is 7.33. The van der Waals surface area contributed by atoms with Gasteiger partial charge in [-0.25, -0.2) is 22.6 Å². The number of hydrogen-bond donors (Lipinski definition) is 2. The van der Waals surface area contributed by atoms with E-state index in [4.69, 9.17) is 16.7 Å². The summed E-state index contributed by atoms with van der Waals surface area (Å²) in [5.41, 5.74) is -0.723. The minimum absolute atomic E-state index is 0.190. The lowest BCUT2D eigenvalue weighted by Gasteiger charge is -2.10. The Bertz CT molecular complexity index is 811. The Labute approximate surface area is 124 Å². The average Bonchev–Trinajstić information content (AvgIpc) is 2.41. The van der Waals surface area contributed by atoms with E-state index in [1.807, 2.05) is 4.72 Å². The Morgan fingerprint density at radius 2 is 2.05 bits per heavy atom. The highest BCUT2D eigenvalue weighted by atomic mass is 35.5. The van der Waals surface area contributed by atoms with Gasteiger partial charge in [0.1, 0.15) is 10.7 Å². The van der Waals surface area contributed by atoms with Crippen LogP contribution in [0.25, 0.3) is 0 Å². The second kappa shape index (κ2) is 5.66. The van der Waals surface area contributed by atoms with Crippen molar-refractivity contribution in [3.05, 3.63) is 53.1 Å². The quantitative estimate of drug-likeness (QED) is 0.897. The van der Waals surface area contributed by atoms with E-state index in [9.17, 15) is 17.6 Å². The Hall–Kier alpha value is -2.19. The lowest BCUT2D eigenvalue weighted by molar-refractivity contribution is 0.0692. The summed E-state index contributed by atoms with van der Waals surface area (Å²) >= 11 is 5.73. The third-order valence-corrected chi connectivity index (χ3v) is 4.28. The van der Waals surface area contributed by atoms with Gasteiger partial charge in [-0.05, 0) is 30.3 Å². The normalized spacial score (nSPS) is 11.1. The van der Waals surface area contributed by atoms with Gasteiger partial charge in [0.05, 0.1) is 10.7 Å². The number of carbonyl (C=O) groups is 1. The van der Waals surface area contributed by atoms with Crippen LogP contribution in [0, 0.1) is 5.82 Å². The van der Waals surface area contributed by atoms with Crippen LogP contribution in [0.15, 0.2) is 41.4 Å². The van der Waals surface area contributed by atoms with Crippen molar-refractivity contribution in [3.8, 4) is 0 Å². The first kappa shape index (κ1) is 15.2. The minimum atomic E-state index is -4.25. The zero-order valence-electron chi connectivity index (χ0n) is 10.2. The molecule has 0 aliphatic rings. The highest BCUT2D eigenvalue weighted by Gasteiger charge is 2.22. The Morgan fingerprint density at radius 1 is 1.33 bits per heavy atom. The SMILES string of the molecule is O=C(O)c1ncccc1NS(=O)(=O)c1cc(F)ccc1Cl. The molecule has 0 atom stereocenters. The molecule has 1 heterocycles. The summed E-state index contributed by atoms with van der Waals surface area (Å²) in [6.45, 7) is 0. The van der Waals surface area contributed by atoms with E-state index < -0.39 is 32.4 Å². The van der Waals surface area contributed by atoms with Crippen molar-refractivity contribution in [1.82, 2.24) is 4.98 Å². The number of aromatic nitrogens is 1. The van der Waals surface area contributed by atoms with Crippen molar-refractivity contribution in [2.45, 2.75) is 4.90 Å². The van der Waals surface area contributed by atoms with Gasteiger partial charge in [-0.2, -0.15) is 0 Å². The number of benzene rings is 1. The van der Waals surface area contributed by atoms with Gasteiger partial charge in [0, 0.05) is 6.20 Å². The van der Waals surface area contributed by atoms with Crippen molar-refractivity contribution >= 4 is 33.3 Å². The van der Waals surface area contributed by atoms with Crippen molar-refractivity contribution < 1.29 is 22.7 Å². The maximum absolute atomic E-state index is 13.2. The molecule has 6 nitrogen and oxygen atoms in total. The predicted octanol–water partition coefficient (Wildman–Crippen LogP) is 2.37. The summed E-state index contributed by atoms with van der Waals surface area (Å²) in [6.07, 6.45) is 1.20. The van der Waals surface area contributed by atoms with E-state index in [-0.39, 0.29) is 10.7 Å². The van der Waals surface area contributed by atoms with Crippen LogP contribution in [-0.4, -0.2) is 24.5 Å². The molecule has 2 aromatic rings. The molecule has 0 saturated heterocycles. The standard InChI is InChI=1S/C12H8ClFN2O4S/c13-8-4-3-7(14)6-10(8)21(19,20)16-9-2-1-5-15-11(9)12(17)18/h1-6,16H,(H,17,18). The molecule has 0 spiro atoms. The molecule has 1 aromatic heterocycles. The van der Waals surface area contributed by atoms with Crippen LogP contribution >= 0.6 is 11.6 Å². The van der Waals surface area contributed by atoms with Crippen molar-refractivity contribution in [2.24, 2.45) is 0 Å². The smallest absolute Gasteiger partial charge is 0.356 e. The molecule has 2 N–H and O–H groups in total. The molecule has 110 valence electrons. The van der Waals surface area contributed by atoms with Crippen LogP contribution in [0.2, 0.25) is 5.02 Å². The number of aromatic carboxylic acids is 1. The van der Waals surface area contributed by atoms with E-state index in [1.165, 1.54) is 18.3 Å². The van der Waals surface area contributed by atoms with Gasteiger partial charge in [0.25, 0.3) is 10.0 Å². The van der Waals surface area contributed by atoms with E-state index >= 15 is 0 Å². The fraction of sp³-hybridized carbons (Fsp3) is 0. The van der Waals surface area contributed by atoms with Crippen LogP contribution < -0.4 is 4.72 Å². The van der Waals surface area contributed by atoms with Crippen LogP contribution in [0.4, 0.5) is 10.1 Å². The summed E-state index contributed by atoms with van der Waals surface area (Å²) in [4.78, 5) is 14.0. The molecule has 0 saturated carbocycles. The summed E-state index contributed by atoms with van der Waals surface area (Å²) < 4.78 is 39.5. The van der Waals surface area contributed by atoms with Gasteiger partial charge in [0.15, 0.2) is 5.69 Å². The van der Waals surface area contributed by atoms with Crippen molar-refractivity contribution in [1.29, 1.82) is 0 Å². The third-order valence-electron chi connectivity index (χ3n) is 2.44. The molecular weight excluding hydrogens is 323 g/mol. The zero-order valence-corrected chi connectivity index (χ0v) is 11.8. The van der Waals surface area contributed by atoms with Gasteiger partial charge in [-0.1, -0.05) is 11.6 Å². The van der Waals surface area contributed by atoms with Crippen molar-refractivity contribution in [3.63, 3.8) is 0 Å². The molecule has 0 aliphatic carbocycles. The number of nitrogens with one attached hydrogen (secondary N) is 1. The highest BCUT2D eigenvalue weighted by Crippen LogP contribution is 2.25. The number of pyridine rings is 1. The summed E-state index contributed by atoms with van der Waals surface area (Å²) in [7, 11) is -4.25. The average molecular weight is 331 g/mol. The summed E-state index contributed by atoms with van der Waals surface area (Å²) in [6, 6.07) is 5.42. The number of halogens is 2. The van der Waals surface area contributed by atoms with E-state index in [1.54, 1.807) is 0 Å². The van der Waals surface area contributed by atoms with Gasteiger partial charge in [-0.15, -0.1) is 0 Å². The molecule has 0 aliphatic heterocycles. The first-order chi connectivity index (χ1) is 9.81. The largest absolute Gasteiger partial charge is 0.476 e. The Balaban J connectivity index is 2.48. The molecule has 9 heteroatoms. The highest BCUT2D eigenvalue weighted by molar-refractivity contribution is 7.92. The minimum Gasteiger partial charge on any atom is -0.476 e. The number of nitrogens with zero attached hydrogens (tertiary/aromatic N) is 1. The maximum atomic E-state index is 13.2. The van der Waals surface area contributed by atoms with Gasteiger partial charge in [-0.3, -0.25) is 4.72 Å². The second-order valence-corrected chi connectivity index (χ2v) is 5.94. The van der Waals surface area contributed by atoms with Crippen molar-refractivity contribution in [2.75, 3.05) is 4.72 Å². The maximum Gasteiger partial charge on any atom is 0.356 e. The fourth-order valence-corrected chi connectivity index (χ4v) is 3.12. The number of carboxylic acids is 1. The molecule has 0 fully saturated rings. The third kappa shape index (κ3) is 3.29. The number of sulfonamides is 1. The number of hydrogen-bond acceptors (Lipinski definition) is 4. The number of carboxylic acid groups (broad SMARTS) is 1. The Morgan fingerprint density at radius 3 is 2.71 bits per heavy atom. The molecule has 0 unspecified atom stereocenters. The monoisotopic (exact) mass is 330 g/mol. The van der Waals surface area contributed by atoms with Crippen LogP contribution in [0.1, 0.15) is 10.5 Å². The van der Waals surface area contributed by atoms with Gasteiger partial charge < -0.3 is 5.11 Å². The Kier molecular flexibility index (Phi) is 4.10. The van der Waals surface area contributed by atoms with E-state index in [0.29, 0.717) is 0 Å². The number of rotatable bonds is 4. The van der Waals surface area contributed by atoms with Crippen LogP contribution in [0.5, 0.6) is 0 Å². The van der Waals surface area contributed by atoms with Crippen LogP contribution in [-0.2, 0) is 10.0 Å². The number of anilines is 1. The molecule has 21 heavy (non-hydrogen) atoms. The fourth-order valence-electron chi connectivity index (χ4n) is 1.54. The van der Waals surface area contributed by atoms with Gasteiger partial charge >= 0.3 is 5.97 Å². The van der Waals surface area contributed by atoms with Gasteiger partial charge in [0.2, 0.25) is 0 Å². The molecule has 1 aromatic carbocycles. The summed E-state index contributed by atoms with van der Waals surface area (Å²) in [5.74, 6) is -2.19. The predicted molar refractivity (Wildman–Crippen MR) is 73.4 cm³/mol. The molecular formula is C12H8ClFN2O4S. The molecule has 0 bridgehead atoms. The molecule has 0 radical (unpaired) electrons.